The van der Waals surface area contributed by atoms with Gasteiger partial charge < -0.3 is 43.4 Å². The summed E-state index contributed by atoms with van der Waals surface area (Å²) in [6.45, 7) is 7.76. The van der Waals surface area contributed by atoms with Gasteiger partial charge in [0.2, 0.25) is 11.8 Å². The molecule has 16 nitrogen and oxygen atoms in total. The third kappa shape index (κ3) is 17.9. The molecule has 10 N–H and O–H groups in total. The molecule has 5 aromatic carbocycles. The first-order valence-electron chi connectivity index (χ1n) is 29.7. The lowest BCUT2D eigenvalue weighted by molar-refractivity contribution is -0.124. The van der Waals surface area contributed by atoms with Crippen LogP contribution < -0.4 is 43.4 Å². The van der Waals surface area contributed by atoms with Crippen molar-refractivity contribution in [2.75, 3.05) is 21.3 Å². The Bertz CT molecular complexity index is 3800. The molecular formula is C74H80N8O8. The molecule has 3 fully saturated rings. The third-order valence-corrected chi connectivity index (χ3v) is 15.2. The number of benzene rings is 5. The maximum Gasteiger partial charge on any atom is 0.255 e. The fourth-order valence-corrected chi connectivity index (χ4v) is 10.2. The van der Waals surface area contributed by atoms with Gasteiger partial charge in [-0.05, 0) is 158 Å². The van der Waals surface area contributed by atoms with Crippen LogP contribution in [-0.2, 0) is 19.2 Å². The van der Waals surface area contributed by atoms with Crippen LogP contribution in [0.4, 0.5) is 22.7 Å². The number of aldehydes is 1. The molecule has 7 aliphatic rings. The summed E-state index contributed by atoms with van der Waals surface area (Å²) in [6, 6.07) is 37.6. The van der Waals surface area contributed by atoms with E-state index in [1.807, 2.05) is 117 Å². The number of fused-ring (bicyclic) bond motifs is 3. The molecule has 7 aliphatic carbocycles. The summed E-state index contributed by atoms with van der Waals surface area (Å²) in [6.07, 6.45) is 38.2. The first-order chi connectivity index (χ1) is 43.7. The van der Waals surface area contributed by atoms with Gasteiger partial charge in [-0.25, -0.2) is 0 Å². The second-order valence-electron chi connectivity index (χ2n) is 21.5. The van der Waals surface area contributed by atoms with Crippen molar-refractivity contribution in [3.8, 4) is 0 Å². The van der Waals surface area contributed by atoms with Crippen LogP contribution in [0.25, 0.3) is 0 Å². The Hall–Kier alpha value is -11.3. The molecule has 16 heteroatoms. The minimum absolute atomic E-state index is 0. The standard InChI is InChI=1S/C34H26N4O4.C16H15NO2.C14H16N2O.C8H9NO.C2H6.4H2/c39-31(35-27-14-3-1-4-15-27)23-10-7-12-25(20-23)33(41)37-29-18-9-19-30(22-29)38-34(42)26-13-8-11-24(21-26)32(40)36-28-16-5-2-6-17-28;18-9-11-4-2-6-16(8-13(11)16)15(19)17-14-5-1-3-10-7-12(10)14;1-10(5-2-3-8-15)16-14(17)12-7-4-6-11-9-13(11)12;9-8(10)7-5-3-1-2-4-6-7;1-2;;;;/h1-22H,(H,35,39)(H,36,40)(H,37,41)(H,38,42);1-6,9-10,12-13H,7-8H2,(H,17,19);2-8,11,13H,1,9,15H2,(H,16,17);1-3,5-6H,4H2,(H2,9,10);1-2H3;4*1H/b;;5-2-,8-3+;;;;;;/t;10?,12-,13?,16?;11?,13-;;;;;;/m.10....../s1. The van der Waals surface area contributed by atoms with Crippen LogP contribution >= 0.6 is 0 Å². The summed E-state index contributed by atoms with van der Waals surface area (Å²) >= 11 is 0. The molecule has 0 aromatic heterocycles. The Balaban J connectivity index is 0.000000299. The van der Waals surface area contributed by atoms with Gasteiger partial charge in [0.15, 0.2) is 0 Å². The maximum absolute atomic E-state index is 13.0. The Morgan fingerprint density at radius 1 is 0.578 bits per heavy atom. The summed E-state index contributed by atoms with van der Waals surface area (Å²) in [7, 11) is 0. The fourth-order valence-electron chi connectivity index (χ4n) is 10.2. The number of nitrogens with one attached hydrogen (secondary N) is 6. The monoisotopic (exact) mass is 1210 g/mol. The van der Waals surface area contributed by atoms with Crippen LogP contribution in [0, 0.1) is 35.0 Å². The van der Waals surface area contributed by atoms with Gasteiger partial charge in [-0.15, -0.1) is 0 Å². The molecule has 464 valence electrons. The minimum Gasteiger partial charge on any atom is -0.405 e. The average Bonchev–Trinajstić information content (AvgIpc) is 1.56. The number of primary amides is 1. The zero-order chi connectivity index (χ0) is 64.0. The van der Waals surface area contributed by atoms with E-state index in [9.17, 15) is 38.4 Å². The maximum atomic E-state index is 13.0. The summed E-state index contributed by atoms with van der Waals surface area (Å²) in [5, 5.41) is 17.1. The SMILES string of the molecule is C=C(/C=C\C=C\N)NC(=O)C1=CC=CC2C[C@H]12.CC.NC(=O)C1=CCC=CC=C1.O=C(Nc1ccccc1)c1cccc(C(=O)Nc2cccc(NC(=O)c3cccc(C(=O)Nc4ccccc4)c3)c2)c1.O=CC1=CC=CC2(C(=O)NC3=CC=CC4C[C@@H]34)CC12.[HH].[HH].[HH].[HH]. The first-order valence-corrected chi connectivity index (χ1v) is 29.7. The topological polar surface area (TPSA) is 261 Å². The Morgan fingerprint density at radius 3 is 1.66 bits per heavy atom. The summed E-state index contributed by atoms with van der Waals surface area (Å²) in [4.78, 5) is 97.2. The second kappa shape index (κ2) is 31.4. The lowest BCUT2D eigenvalue weighted by Gasteiger charge is -2.18. The van der Waals surface area contributed by atoms with Gasteiger partial charge in [0.25, 0.3) is 29.5 Å². The minimum atomic E-state index is -0.461. The van der Waals surface area contributed by atoms with Crippen LogP contribution in [0.15, 0.2) is 278 Å². The van der Waals surface area contributed by atoms with Gasteiger partial charge in [-0.2, -0.15) is 0 Å². The van der Waals surface area contributed by atoms with E-state index in [1.165, 1.54) is 18.3 Å². The number of allylic oxidation sites excluding steroid dienone is 17. The number of carbonyl (C=O) groups is 8. The second-order valence-corrected chi connectivity index (χ2v) is 21.5. The zero-order valence-electron chi connectivity index (χ0n) is 50.0. The summed E-state index contributed by atoms with van der Waals surface area (Å²) in [5.74, 6) is 0.368. The Morgan fingerprint density at radius 2 is 1.10 bits per heavy atom. The van der Waals surface area contributed by atoms with Gasteiger partial charge in [-0.1, -0.05) is 154 Å². The smallest absolute Gasteiger partial charge is 0.255 e. The molecule has 3 saturated carbocycles. The Kier molecular flexibility index (Phi) is 22.6. The van der Waals surface area contributed by atoms with E-state index in [0.29, 0.717) is 79.9 Å². The van der Waals surface area contributed by atoms with Crippen molar-refractivity contribution in [1.82, 2.24) is 10.6 Å². The van der Waals surface area contributed by atoms with Crippen molar-refractivity contribution < 1.29 is 44.1 Å². The predicted molar refractivity (Wildman–Crippen MR) is 363 cm³/mol. The van der Waals surface area contributed by atoms with Crippen LogP contribution in [0.2, 0.25) is 0 Å². The number of amides is 7. The normalized spacial score (nSPS) is 20.1. The molecule has 12 rings (SSSR count). The lowest BCUT2D eigenvalue weighted by Crippen LogP contribution is -2.33. The number of carbonyl (C=O) groups excluding carboxylic acids is 8. The van der Waals surface area contributed by atoms with E-state index in [1.54, 1.807) is 109 Å². The van der Waals surface area contributed by atoms with Gasteiger partial charge in [-0.3, -0.25) is 38.4 Å². The molecule has 0 saturated heterocycles. The number of para-hydroxylation sites is 2. The van der Waals surface area contributed by atoms with Crippen molar-refractivity contribution in [3.05, 3.63) is 300 Å². The van der Waals surface area contributed by atoms with Crippen LogP contribution in [0.5, 0.6) is 0 Å². The van der Waals surface area contributed by atoms with E-state index in [4.69, 9.17) is 11.5 Å². The predicted octanol–water partition coefficient (Wildman–Crippen LogP) is 13.3. The van der Waals surface area contributed by atoms with Crippen LogP contribution in [-0.4, -0.2) is 47.6 Å². The number of nitrogens with two attached hydrogens (primary N) is 2. The molecule has 7 amide bonds. The van der Waals surface area contributed by atoms with Crippen molar-refractivity contribution in [3.63, 3.8) is 0 Å². The van der Waals surface area contributed by atoms with Gasteiger partial charge in [0.1, 0.15) is 6.29 Å². The first kappa shape index (κ1) is 64.7. The average molecular weight is 1210 g/mol. The molecule has 0 aliphatic heterocycles. The highest BCUT2D eigenvalue weighted by Gasteiger charge is 2.60. The number of rotatable bonds is 16. The highest BCUT2D eigenvalue weighted by atomic mass is 16.2. The third-order valence-electron chi connectivity index (χ3n) is 15.2. The fraction of sp³-hybridized carbons (Fsp3) is 0.162. The van der Waals surface area contributed by atoms with E-state index >= 15 is 0 Å². The van der Waals surface area contributed by atoms with Crippen LogP contribution in [0.1, 0.15) is 86.7 Å². The molecule has 6 atom stereocenters. The molecule has 4 unspecified atom stereocenters. The number of hydrogen-bond acceptors (Lipinski definition) is 9. The van der Waals surface area contributed by atoms with E-state index in [2.05, 4.69) is 50.6 Å². The number of anilines is 4. The molecule has 0 heterocycles. The van der Waals surface area contributed by atoms with Crippen molar-refractivity contribution in [1.29, 1.82) is 0 Å². The quantitative estimate of drug-likeness (QED) is 0.0345. The van der Waals surface area contributed by atoms with E-state index < -0.39 is 17.2 Å². The van der Waals surface area contributed by atoms with Crippen LogP contribution in [0.3, 0.4) is 0 Å². The molecule has 0 spiro atoms. The van der Waals surface area contributed by atoms with Crippen molar-refractivity contribution in [2.45, 2.75) is 39.5 Å². The van der Waals surface area contributed by atoms with E-state index in [0.717, 1.165) is 48.8 Å². The van der Waals surface area contributed by atoms with E-state index in [-0.39, 0.29) is 41.2 Å². The lowest BCUT2D eigenvalue weighted by atomic mass is 9.93. The molecule has 5 aromatic rings. The highest BCUT2D eigenvalue weighted by Crippen LogP contribution is 2.59. The molecular weight excluding hydrogens is 1130 g/mol. The van der Waals surface area contributed by atoms with Gasteiger partial charge in [0.05, 0.1) is 5.41 Å². The largest absolute Gasteiger partial charge is 0.405 e. The molecule has 90 heavy (non-hydrogen) atoms. The number of hydrogen-bond donors (Lipinski definition) is 8. The van der Waals surface area contributed by atoms with Gasteiger partial charge in [0, 0.05) is 85.1 Å². The summed E-state index contributed by atoms with van der Waals surface area (Å²) in [5.41, 5.74) is 17.1. The zero-order valence-corrected chi connectivity index (χ0v) is 50.0. The summed E-state index contributed by atoms with van der Waals surface area (Å²) < 4.78 is 0. The highest BCUT2D eigenvalue weighted by molar-refractivity contribution is 6.11. The van der Waals surface area contributed by atoms with Crippen molar-refractivity contribution >= 4 is 70.4 Å². The van der Waals surface area contributed by atoms with Crippen molar-refractivity contribution in [2.24, 2.45) is 46.5 Å². The van der Waals surface area contributed by atoms with Gasteiger partial charge >= 0.3 is 0 Å². The molecule has 0 radical (unpaired) electrons. The Labute approximate surface area is 530 Å². The molecule has 0 bridgehead atoms.